The van der Waals surface area contributed by atoms with E-state index < -0.39 is 5.91 Å². The van der Waals surface area contributed by atoms with Crippen molar-refractivity contribution in [2.45, 2.75) is 6.92 Å². The van der Waals surface area contributed by atoms with Gasteiger partial charge in [0.1, 0.15) is 11.5 Å². The molecule has 0 unspecified atom stereocenters. The number of carbonyl (C=O) groups excluding carboxylic acids is 1. The van der Waals surface area contributed by atoms with Gasteiger partial charge in [-0.15, -0.1) is 0 Å². The molecule has 7 heteroatoms. The lowest BCUT2D eigenvalue weighted by atomic mass is 10.2. The van der Waals surface area contributed by atoms with Gasteiger partial charge in [-0.2, -0.15) is 5.10 Å². The molecule has 120 valence electrons. The van der Waals surface area contributed by atoms with E-state index in [4.69, 9.17) is 16.3 Å². The first-order valence-electron chi connectivity index (χ1n) is 6.65. The number of nitrogens with zero attached hydrogens (tertiary/aromatic N) is 1. The zero-order valence-corrected chi connectivity index (χ0v) is 14.6. The molecule has 23 heavy (non-hydrogen) atoms. The number of halogens is 2. The largest absolute Gasteiger partial charge is 0.507 e. The number of phenols is 1. The first kappa shape index (κ1) is 17.3. The second kappa shape index (κ2) is 7.99. The zero-order chi connectivity index (χ0) is 16.8. The van der Waals surface area contributed by atoms with Crippen molar-refractivity contribution in [3.63, 3.8) is 0 Å². The Bertz CT molecular complexity index is 750. The number of nitrogens with one attached hydrogen (secondary N) is 1. The number of aromatic hydroxyl groups is 1. The molecule has 0 aliphatic heterocycles. The number of aryl methyl sites for hydroxylation is 1. The van der Waals surface area contributed by atoms with E-state index in [0.29, 0.717) is 16.3 Å². The lowest BCUT2D eigenvalue weighted by Gasteiger charge is -2.06. The number of carbonyl (C=O) groups is 1. The smallest absolute Gasteiger partial charge is 0.277 e. The first-order chi connectivity index (χ1) is 11.0. The number of benzene rings is 2. The minimum atomic E-state index is -0.414. The third kappa shape index (κ3) is 5.26. The van der Waals surface area contributed by atoms with Crippen molar-refractivity contribution in [2.75, 3.05) is 6.61 Å². The van der Waals surface area contributed by atoms with E-state index in [9.17, 15) is 9.90 Å². The minimum absolute atomic E-state index is 0.0686. The summed E-state index contributed by atoms with van der Waals surface area (Å²) in [4.78, 5) is 11.7. The summed E-state index contributed by atoms with van der Waals surface area (Å²) in [5.74, 6) is 0.207. The van der Waals surface area contributed by atoms with Crippen molar-refractivity contribution >= 4 is 39.7 Å². The molecule has 5 nitrogen and oxygen atoms in total. The summed E-state index contributed by atoms with van der Waals surface area (Å²) in [7, 11) is 0. The molecule has 0 spiro atoms. The van der Waals surface area contributed by atoms with Gasteiger partial charge in [-0.05, 0) is 48.9 Å². The molecule has 0 fully saturated rings. The Labute approximate surface area is 147 Å². The lowest BCUT2D eigenvalue weighted by molar-refractivity contribution is -0.123. The van der Waals surface area contributed by atoms with Crippen molar-refractivity contribution in [3.05, 3.63) is 57.0 Å². The second-order valence-corrected chi connectivity index (χ2v) is 6.02. The Morgan fingerprint density at radius 2 is 2.17 bits per heavy atom. The first-order valence-corrected chi connectivity index (χ1v) is 7.82. The monoisotopic (exact) mass is 396 g/mol. The number of hydrogen-bond acceptors (Lipinski definition) is 4. The van der Waals surface area contributed by atoms with Crippen LogP contribution in [0.3, 0.4) is 0 Å². The third-order valence-electron chi connectivity index (χ3n) is 2.88. The van der Waals surface area contributed by atoms with Crippen molar-refractivity contribution in [1.82, 2.24) is 5.43 Å². The molecule has 1 amide bonds. The predicted octanol–water partition coefficient (Wildman–Crippen LogP) is 3.65. The number of rotatable bonds is 5. The van der Waals surface area contributed by atoms with Gasteiger partial charge in [0.2, 0.25) is 0 Å². The van der Waals surface area contributed by atoms with E-state index in [1.165, 1.54) is 12.3 Å². The van der Waals surface area contributed by atoms with Crippen LogP contribution in [0.15, 0.2) is 46.0 Å². The summed E-state index contributed by atoms with van der Waals surface area (Å²) < 4.78 is 6.14. The fraction of sp³-hybridized carbons (Fsp3) is 0.125. The molecule has 0 aromatic heterocycles. The molecule has 0 heterocycles. The average molecular weight is 398 g/mol. The van der Waals surface area contributed by atoms with E-state index >= 15 is 0 Å². The normalized spacial score (nSPS) is 10.7. The van der Waals surface area contributed by atoms with Gasteiger partial charge in [-0.1, -0.05) is 27.5 Å². The molecule has 0 atom stereocenters. The fourth-order valence-electron chi connectivity index (χ4n) is 1.69. The van der Waals surface area contributed by atoms with Crippen molar-refractivity contribution in [1.29, 1.82) is 0 Å². The van der Waals surface area contributed by atoms with Crippen LogP contribution in [0.1, 0.15) is 11.1 Å². The molecule has 0 radical (unpaired) electrons. The van der Waals surface area contributed by atoms with E-state index in [2.05, 4.69) is 26.5 Å². The van der Waals surface area contributed by atoms with Crippen LogP contribution in [0, 0.1) is 6.92 Å². The topological polar surface area (TPSA) is 70.9 Å². The summed E-state index contributed by atoms with van der Waals surface area (Å²) in [6.45, 7) is 1.67. The van der Waals surface area contributed by atoms with Gasteiger partial charge in [-0.3, -0.25) is 4.79 Å². The highest BCUT2D eigenvalue weighted by Crippen LogP contribution is 2.21. The molecular formula is C16H14BrClN2O3. The predicted molar refractivity (Wildman–Crippen MR) is 93.2 cm³/mol. The molecule has 2 N–H and O–H groups in total. The summed E-state index contributed by atoms with van der Waals surface area (Å²) in [6.07, 6.45) is 1.35. The number of phenolic OH excluding ortho intramolecular Hbond substituents is 1. The Morgan fingerprint density at radius 1 is 1.39 bits per heavy atom. The molecule has 0 aliphatic carbocycles. The van der Waals surface area contributed by atoms with Crippen LogP contribution in [-0.4, -0.2) is 23.8 Å². The van der Waals surface area contributed by atoms with Crippen LogP contribution >= 0.6 is 27.5 Å². The van der Waals surface area contributed by atoms with Crippen LogP contribution in [0.2, 0.25) is 5.02 Å². The average Bonchev–Trinajstić information content (AvgIpc) is 2.52. The highest BCUT2D eigenvalue weighted by Gasteiger charge is 2.04. The van der Waals surface area contributed by atoms with Crippen LogP contribution < -0.4 is 10.2 Å². The molecule has 2 aromatic rings. The van der Waals surface area contributed by atoms with Gasteiger partial charge in [0.25, 0.3) is 5.91 Å². The number of hydrogen-bond donors (Lipinski definition) is 2. The summed E-state index contributed by atoms with van der Waals surface area (Å²) in [5.41, 5.74) is 3.68. The van der Waals surface area contributed by atoms with Gasteiger partial charge >= 0.3 is 0 Å². The maximum atomic E-state index is 11.7. The van der Waals surface area contributed by atoms with Gasteiger partial charge in [0.15, 0.2) is 6.61 Å². The van der Waals surface area contributed by atoms with Crippen LogP contribution in [0.25, 0.3) is 0 Å². The summed E-state index contributed by atoms with van der Waals surface area (Å²) in [6, 6.07) is 10.0. The maximum absolute atomic E-state index is 11.7. The van der Waals surface area contributed by atoms with Crippen LogP contribution in [0.5, 0.6) is 11.5 Å². The highest BCUT2D eigenvalue weighted by atomic mass is 79.9. The van der Waals surface area contributed by atoms with E-state index in [1.54, 1.807) is 30.3 Å². The standard InChI is InChI=1S/C16H14BrClN2O3/c1-10-6-13(3-4-14(10)18)23-9-16(22)20-19-8-11-7-12(17)2-5-15(11)21/h2-8,21H,9H2,1H3,(H,20,22). The number of hydrazone groups is 1. The molecule has 2 aromatic carbocycles. The molecule has 0 saturated carbocycles. The van der Waals surface area contributed by atoms with Crippen molar-refractivity contribution < 1.29 is 14.6 Å². The Hall–Kier alpha value is -2.05. The van der Waals surface area contributed by atoms with Gasteiger partial charge in [0, 0.05) is 15.1 Å². The molecule has 0 aliphatic rings. The second-order valence-electron chi connectivity index (χ2n) is 4.70. The summed E-state index contributed by atoms with van der Waals surface area (Å²) >= 11 is 9.21. The lowest BCUT2D eigenvalue weighted by Crippen LogP contribution is -2.24. The van der Waals surface area contributed by atoms with Gasteiger partial charge in [-0.25, -0.2) is 5.43 Å². The number of amides is 1. The van der Waals surface area contributed by atoms with Gasteiger partial charge < -0.3 is 9.84 Å². The van der Waals surface area contributed by atoms with Gasteiger partial charge in [0.05, 0.1) is 6.21 Å². The summed E-state index contributed by atoms with van der Waals surface area (Å²) in [5, 5.41) is 14.1. The van der Waals surface area contributed by atoms with E-state index in [-0.39, 0.29) is 12.4 Å². The number of ether oxygens (including phenoxy) is 1. The molecule has 0 saturated heterocycles. The SMILES string of the molecule is Cc1cc(OCC(=O)NN=Cc2cc(Br)ccc2O)ccc1Cl. The quantitative estimate of drug-likeness (QED) is 0.598. The van der Waals surface area contributed by atoms with Crippen LogP contribution in [0.4, 0.5) is 0 Å². The molecular weight excluding hydrogens is 384 g/mol. The highest BCUT2D eigenvalue weighted by molar-refractivity contribution is 9.10. The molecule has 2 rings (SSSR count). The van der Waals surface area contributed by atoms with E-state index in [1.807, 2.05) is 6.92 Å². The minimum Gasteiger partial charge on any atom is -0.507 e. The van der Waals surface area contributed by atoms with Crippen molar-refractivity contribution in [2.24, 2.45) is 5.10 Å². The van der Waals surface area contributed by atoms with Crippen LogP contribution in [-0.2, 0) is 4.79 Å². The Balaban J connectivity index is 1.86. The van der Waals surface area contributed by atoms with E-state index in [0.717, 1.165) is 10.0 Å². The fourth-order valence-corrected chi connectivity index (χ4v) is 2.19. The maximum Gasteiger partial charge on any atom is 0.277 e. The third-order valence-corrected chi connectivity index (χ3v) is 3.80. The Kier molecular flexibility index (Phi) is 6.01. The zero-order valence-electron chi connectivity index (χ0n) is 12.2. The molecule has 0 bridgehead atoms. The Morgan fingerprint density at radius 3 is 2.91 bits per heavy atom. The van der Waals surface area contributed by atoms with Crippen molar-refractivity contribution in [3.8, 4) is 11.5 Å².